The standard InChI is InChI=1S/C20H33N5O3/c1-13(15-6-9-21-10-7-15)23-18-22-11-8-17(24-18)25-16(12-27-19(25)26)14(2)28-20(3,4)5/h8,11,13-16,21H,6-7,9-10,12H2,1-5H3,(H,22,23,24)/t13-,14?,16+/m0/s1. The fourth-order valence-electron chi connectivity index (χ4n) is 3.90. The lowest BCUT2D eigenvalue weighted by Gasteiger charge is -2.31. The molecule has 0 saturated carbocycles. The van der Waals surface area contributed by atoms with Gasteiger partial charge in [0.2, 0.25) is 5.95 Å². The molecule has 0 spiro atoms. The summed E-state index contributed by atoms with van der Waals surface area (Å²) < 4.78 is 11.4. The Morgan fingerprint density at radius 1 is 1.32 bits per heavy atom. The van der Waals surface area contributed by atoms with Gasteiger partial charge in [0.15, 0.2) is 0 Å². The number of ether oxygens (including phenoxy) is 2. The summed E-state index contributed by atoms with van der Waals surface area (Å²) in [6.45, 7) is 12.5. The molecule has 1 amide bonds. The Morgan fingerprint density at radius 3 is 2.71 bits per heavy atom. The Morgan fingerprint density at radius 2 is 2.04 bits per heavy atom. The smallest absolute Gasteiger partial charge is 0.416 e. The maximum absolute atomic E-state index is 12.4. The molecule has 28 heavy (non-hydrogen) atoms. The van der Waals surface area contributed by atoms with E-state index < -0.39 is 6.09 Å². The lowest BCUT2D eigenvalue weighted by molar-refractivity contribution is -0.0618. The van der Waals surface area contributed by atoms with E-state index in [9.17, 15) is 4.79 Å². The molecule has 3 atom stereocenters. The molecule has 8 nitrogen and oxygen atoms in total. The minimum atomic E-state index is -0.398. The number of carbonyl (C=O) groups excluding carboxylic acids is 1. The number of hydrogen-bond donors (Lipinski definition) is 2. The van der Waals surface area contributed by atoms with E-state index in [0.29, 0.717) is 17.7 Å². The summed E-state index contributed by atoms with van der Waals surface area (Å²) in [6.07, 6.45) is 3.36. The first-order valence-corrected chi connectivity index (χ1v) is 10.2. The van der Waals surface area contributed by atoms with Crippen molar-refractivity contribution in [2.45, 2.75) is 71.2 Å². The molecule has 1 aromatic rings. The Bertz CT molecular complexity index is 672. The maximum atomic E-state index is 12.4. The zero-order valence-electron chi connectivity index (χ0n) is 17.6. The van der Waals surface area contributed by atoms with Crippen molar-refractivity contribution in [1.29, 1.82) is 0 Å². The van der Waals surface area contributed by atoms with Crippen molar-refractivity contribution in [2.75, 3.05) is 29.9 Å². The van der Waals surface area contributed by atoms with Crippen molar-refractivity contribution in [3.63, 3.8) is 0 Å². The Hall–Kier alpha value is -1.93. The van der Waals surface area contributed by atoms with Gasteiger partial charge in [0.05, 0.1) is 11.7 Å². The molecular weight excluding hydrogens is 358 g/mol. The van der Waals surface area contributed by atoms with Crippen LogP contribution < -0.4 is 15.5 Å². The summed E-state index contributed by atoms with van der Waals surface area (Å²) in [7, 11) is 0. The summed E-state index contributed by atoms with van der Waals surface area (Å²) in [4.78, 5) is 22.9. The van der Waals surface area contributed by atoms with Crippen molar-refractivity contribution in [3.8, 4) is 0 Å². The van der Waals surface area contributed by atoms with Crippen LogP contribution in [0.3, 0.4) is 0 Å². The number of aromatic nitrogens is 2. The summed E-state index contributed by atoms with van der Waals surface area (Å²) >= 11 is 0. The van der Waals surface area contributed by atoms with Crippen LogP contribution in [0.4, 0.5) is 16.6 Å². The fraction of sp³-hybridized carbons (Fsp3) is 0.750. The number of piperidine rings is 1. The van der Waals surface area contributed by atoms with Crippen LogP contribution in [0.1, 0.15) is 47.5 Å². The molecule has 0 aromatic carbocycles. The van der Waals surface area contributed by atoms with Crippen molar-refractivity contribution >= 4 is 17.9 Å². The molecule has 2 aliphatic rings. The van der Waals surface area contributed by atoms with Gasteiger partial charge < -0.3 is 20.1 Å². The fourth-order valence-corrected chi connectivity index (χ4v) is 3.90. The third-order valence-corrected chi connectivity index (χ3v) is 5.32. The minimum absolute atomic E-state index is 0.188. The van der Waals surface area contributed by atoms with Gasteiger partial charge in [-0.3, -0.25) is 4.90 Å². The van der Waals surface area contributed by atoms with Crippen LogP contribution in [-0.4, -0.2) is 59.5 Å². The van der Waals surface area contributed by atoms with Crippen LogP contribution in [0.2, 0.25) is 0 Å². The van der Waals surface area contributed by atoms with Crippen LogP contribution in [0.15, 0.2) is 12.3 Å². The minimum Gasteiger partial charge on any atom is -0.447 e. The highest BCUT2D eigenvalue weighted by Gasteiger charge is 2.40. The van der Waals surface area contributed by atoms with E-state index in [2.05, 4.69) is 27.5 Å². The second-order valence-electron chi connectivity index (χ2n) is 8.71. The number of amides is 1. The topological polar surface area (TPSA) is 88.6 Å². The number of nitrogens with one attached hydrogen (secondary N) is 2. The molecule has 8 heteroatoms. The first-order chi connectivity index (χ1) is 13.2. The lowest BCUT2D eigenvalue weighted by Crippen LogP contribution is -2.45. The van der Waals surface area contributed by atoms with E-state index in [0.717, 1.165) is 25.9 Å². The van der Waals surface area contributed by atoms with Crippen LogP contribution in [0.25, 0.3) is 0 Å². The third kappa shape index (κ3) is 5.11. The first kappa shape index (κ1) is 20.8. The Kier molecular flexibility index (Phi) is 6.40. The van der Waals surface area contributed by atoms with E-state index in [4.69, 9.17) is 9.47 Å². The van der Waals surface area contributed by atoms with Gasteiger partial charge in [-0.1, -0.05) is 0 Å². The van der Waals surface area contributed by atoms with E-state index >= 15 is 0 Å². The average Bonchev–Trinajstić information content (AvgIpc) is 3.03. The number of hydrogen-bond acceptors (Lipinski definition) is 7. The summed E-state index contributed by atoms with van der Waals surface area (Å²) in [6, 6.07) is 1.78. The van der Waals surface area contributed by atoms with Crippen LogP contribution in [0, 0.1) is 5.92 Å². The summed E-state index contributed by atoms with van der Waals surface area (Å²) in [5, 5.41) is 6.80. The molecule has 2 aliphatic heterocycles. The molecule has 1 aromatic heterocycles. The van der Waals surface area contributed by atoms with Crippen molar-refractivity contribution in [1.82, 2.24) is 15.3 Å². The molecular formula is C20H33N5O3. The largest absolute Gasteiger partial charge is 0.447 e. The molecule has 156 valence electrons. The molecule has 0 bridgehead atoms. The molecule has 3 heterocycles. The molecule has 2 fully saturated rings. The van der Waals surface area contributed by atoms with E-state index in [-0.39, 0.29) is 30.4 Å². The highest BCUT2D eigenvalue weighted by molar-refractivity contribution is 5.89. The predicted octanol–water partition coefficient (Wildman–Crippen LogP) is 2.81. The van der Waals surface area contributed by atoms with Gasteiger partial charge in [-0.2, -0.15) is 4.98 Å². The second-order valence-corrected chi connectivity index (χ2v) is 8.71. The van der Waals surface area contributed by atoms with Gasteiger partial charge in [-0.25, -0.2) is 9.78 Å². The van der Waals surface area contributed by atoms with Crippen molar-refractivity contribution in [3.05, 3.63) is 12.3 Å². The van der Waals surface area contributed by atoms with Crippen molar-refractivity contribution < 1.29 is 14.3 Å². The zero-order chi connectivity index (χ0) is 20.3. The van der Waals surface area contributed by atoms with Crippen LogP contribution >= 0.6 is 0 Å². The summed E-state index contributed by atoms with van der Waals surface area (Å²) in [5.74, 6) is 1.65. The normalized spacial score (nSPS) is 23.4. The highest BCUT2D eigenvalue weighted by atomic mass is 16.6. The monoisotopic (exact) mass is 391 g/mol. The SMILES string of the molecule is CC(OC(C)(C)C)[C@H]1COC(=O)N1c1ccnc(N[C@@H](C)C2CCNCC2)n1. The van der Waals surface area contributed by atoms with Crippen molar-refractivity contribution in [2.24, 2.45) is 5.92 Å². The van der Waals surface area contributed by atoms with Gasteiger partial charge in [-0.15, -0.1) is 0 Å². The van der Waals surface area contributed by atoms with Gasteiger partial charge >= 0.3 is 6.09 Å². The number of rotatable bonds is 6. The molecule has 0 radical (unpaired) electrons. The van der Waals surface area contributed by atoms with Gasteiger partial charge in [-0.05, 0) is 72.5 Å². The Labute approximate surface area is 167 Å². The third-order valence-electron chi connectivity index (χ3n) is 5.32. The average molecular weight is 392 g/mol. The van der Waals surface area contributed by atoms with Gasteiger partial charge in [0.25, 0.3) is 0 Å². The molecule has 0 aliphatic carbocycles. The summed E-state index contributed by atoms with van der Waals surface area (Å²) in [5.41, 5.74) is -0.306. The second kappa shape index (κ2) is 8.61. The van der Waals surface area contributed by atoms with E-state index in [1.807, 2.05) is 27.7 Å². The van der Waals surface area contributed by atoms with Crippen LogP contribution in [-0.2, 0) is 9.47 Å². The Balaban J connectivity index is 1.72. The number of nitrogens with zero attached hydrogens (tertiary/aromatic N) is 3. The first-order valence-electron chi connectivity index (χ1n) is 10.2. The van der Waals surface area contributed by atoms with Gasteiger partial charge in [0.1, 0.15) is 18.5 Å². The number of cyclic esters (lactones) is 1. The van der Waals surface area contributed by atoms with E-state index in [1.54, 1.807) is 17.2 Å². The predicted molar refractivity (Wildman–Crippen MR) is 109 cm³/mol. The number of anilines is 2. The zero-order valence-corrected chi connectivity index (χ0v) is 17.6. The lowest BCUT2D eigenvalue weighted by atomic mass is 9.91. The molecule has 1 unspecified atom stereocenters. The molecule has 2 saturated heterocycles. The molecule has 2 N–H and O–H groups in total. The number of carbonyl (C=O) groups is 1. The van der Waals surface area contributed by atoms with E-state index in [1.165, 1.54) is 0 Å². The maximum Gasteiger partial charge on any atom is 0.416 e. The molecule has 3 rings (SSSR count). The van der Waals surface area contributed by atoms with Crippen LogP contribution in [0.5, 0.6) is 0 Å². The highest BCUT2D eigenvalue weighted by Crippen LogP contribution is 2.27. The van der Waals surface area contributed by atoms with Gasteiger partial charge in [0, 0.05) is 12.2 Å². The quantitative estimate of drug-likeness (QED) is 0.771.